The zero-order valence-electron chi connectivity index (χ0n) is 12.8. The molecule has 0 aliphatic rings. The number of aryl methyl sites for hydroxylation is 1. The van der Waals surface area contributed by atoms with E-state index in [1.165, 1.54) is 6.92 Å². The molecule has 6 heteroatoms. The number of nitrogens with one attached hydrogen (secondary N) is 1. The minimum Gasteiger partial charge on any atom is -0.343 e. The Labute approximate surface area is 138 Å². The Balaban J connectivity index is 2.13. The van der Waals surface area contributed by atoms with Gasteiger partial charge in [0.1, 0.15) is 5.69 Å². The molecule has 0 radical (unpaired) electrons. The highest BCUT2D eigenvalue weighted by Gasteiger charge is 2.13. The Bertz CT molecular complexity index is 692. The Morgan fingerprint density at radius 1 is 1.27 bits per heavy atom. The van der Waals surface area contributed by atoms with Gasteiger partial charge in [0, 0.05) is 42.6 Å². The number of hydrogen-bond acceptors (Lipinski definition) is 2. The maximum atomic E-state index is 12.3. The van der Waals surface area contributed by atoms with E-state index in [0.29, 0.717) is 11.4 Å². The molecule has 0 unspecified atom stereocenters. The van der Waals surface area contributed by atoms with E-state index >= 15 is 0 Å². The highest BCUT2D eigenvalue weighted by Crippen LogP contribution is 2.19. The van der Waals surface area contributed by atoms with Gasteiger partial charge in [0.2, 0.25) is 5.91 Å². The molecule has 22 heavy (non-hydrogen) atoms. The molecule has 0 saturated heterocycles. The number of carbonyl (C=O) groups excluding carboxylic acids is 2. The SMILES string of the molecule is CCn1cc(Br)cc1C(=O)Nc1ccc(N(C)C(C)=O)cc1. The molecule has 0 atom stereocenters. The van der Waals surface area contributed by atoms with Crippen molar-refractivity contribution in [1.29, 1.82) is 0 Å². The lowest BCUT2D eigenvalue weighted by Gasteiger charge is -2.15. The summed E-state index contributed by atoms with van der Waals surface area (Å²) >= 11 is 3.38. The fourth-order valence-electron chi connectivity index (χ4n) is 2.07. The van der Waals surface area contributed by atoms with E-state index in [4.69, 9.17) is 0 Å². The summed E-state index contributed by atoms with van der Waals surface area (Å²) in [5.74, 6) is -0.206. The molecule has 0 aliphatic heterocycles. The van der Waals surface area contributed by atoms with Crippen molar-refractivity contribution in [1.82, 2.24) is 4.57 Å². The number of amides is 2. The molecule has 0 aliphatic carbocycles. The summed E-state index contributed by atoms with van der Waals surface area (Å²) in [5.41, 5.74) is 2.06. The summed E-state index contributed by atoms with van der Waals surface area (Å²) in [5, 5.41) is 2.86. The Morgan fingerprint density at radius 3 is 2.45 bits per heavy atom. The third-order valence-electron chi connectivity index (χ3n) is 3.42. The molecule has 116 valence electrons. The molecule has 5 nitrogen and oxygen atoms in total. The van der Waals surface area contributed by atoms with Crippen LogP contribution in [0.2, 0.25) is 0 Å². The van der Waals surface area contributed by atoms with Gasteiger partial charge in [0.25, 0.3) is 5.91 Å². The van der Waals surface area contributed by atoms with Crippen molar-refractivity contribution in [3.05, 3.63) is 46.7 Å². The van der Waals surface area contributed by atoms with Crippen LogP contribution in [0.4, 0.5) is 11.4 Å². The Kier molecular flexibility index (Phi) is 5.03. The van der Waals surface area contributed by atoms with Crippen LogP contribution in [0.25, 0.3) is 0 Å². The maximum absolute atomic E-state index is 12.3. The van der Waals surface area contributed by atoms with Crippen LogP contribution in [-0.4, -0.2) is 23.4 Å². The van der Waals surface area contributed by atoms with Crippen molar-refractivity contribution in [3.8, 4) is 0 Å². The molecule has 0 spiro atoms. The number of benzene rings is 1. The summed E-state index contributed by atoms with van der Waals surface area (Å²) in [6, 6.07) is 8.94. The number of nitrogens with zero attached hydrogens (tertiary/aromatic N) is 2. The van der Waals surface area contributed by atoms with Crippen LogP contribution < -0.4 is 10.2 Å². The van der Waals surface area contributed by atoms with E-state index in [1.807, 2.05) is 17.7 Å². The Morgan fingerprint density at radius 2 is 1.91 bits per heavy atom. The smallest absolute Gasteiger partial charge is 0.272 e. The Hall–Kier alpha value is -2.08. The third kappa shape index (κ3) is 3.57. The van der Waals surface area contributed by atoms with Gasteiger partial charge in [-0.25, -0.2) is 0 Å². The molecule has 1 N–H and O–H groups in total. The first-order valence-corrected chi connectivity index (χ1v) is 7.73. The molecule has 0 saturated carbocycles. The zero-order chi connectivity index (χ0) is 16.3. The number of anilines is 2. The van der Waals surface area contributed by atoms with Crippen molar-refractivity contribution < 1.29 is 9.59 Å². The number of halogens is 1. The van der Waals surface area contributed by atoms with Crippen LogP contribution in [0.3, 0.4) is 0 Å². The second-order valence-electron chi connectivity index (χ2n) is 4.91. The van der Waals surface area contributed by atoms with E-state index in [9.17, 15) is 9.59 Å². The number of aromatic nitrogens is 1. The second-order valence-corrected chi connectivity index (χ2v) is 5.82. The van der Waals surface area contributed by atoms with Gasteiger partial charge in [-0.15, -0.1) is 0 Å². The molecule has 1 aromatic carbocycles. The highest BCUT2D eigenvalue weighted by molar-refractivity contribution is 9.10. The molecule has 1 heterocycles. The molecule has 0 fully saturated rings. The van der Waals surface area contributed by atoms with Gasteiger partial charge in [0.05, 0.1) is 0 Å². The summed E-state index contributed by atoms with van der Waals surface area (Å²) in [6.45, 7) is 4.21. The van der Waals surface area contributed by atoms with E-state index < -0.39 is 0 Å². The van der Waals surface area contributed by atoms with Crippen LogP contribution in [0.5, 0.6) is 0 Å². The summed E-state index contributed by atoms with van der Waals surface area (Å²) < 4.78 is 2.75. The molecule has 2 rings (SSSR count). The average Bonchev–Trinajstić information content (AvgIpc) is 2.88. The predicted octanol–water partition coefficient (Wildman–Crippen LogP) is 3.51. The third-order valence-corrected chi connectivity index (χ3v) is 3.86. The first-order chi connectivity index (χ1) is 10.4. The molecular weight excluding hydrogens is 346 g/mol. The van der Waals surface area contributed by atoms with Crippen LogP contribution in [0.1, 0.15) is 24.3 Å². The molecular formula is C16H18BrN3O2. The monoisotopic (exact) mass is 363 g/mol. The van der Waals surface area contributed by atoms with Crippen molar-refractivity contribution >= 4 is 39.1 Å². The lowest BCUT2D eigenvalue weighted by molar-refractivity contribution is -0.116. The minimum atomic E-state index is -0.166. The first-order valence-electron chi connectivity index (χ1n) is 6.93. The topological polar surface area (TPSA) is 54.3 Å². The lowest BCUT2D eigenvalue weighted by atomic mass is 10.2. The number of hydrogen-bond donors (Lipinski definition) is 1. The summed E-state index contributed by atoms with van der Waals surface area (Å²) in [6.07, 6.45) is 1.87. The van der Waals surface area contributed by atoms with Crippen molar-refractivity contribution in [2.45, 2.75) is 20.4 Å². The molecule has 2 aromatic rings. The second kappa shape index (κ2) is 6.79. The van der Waals surface area contributed by atoms with Crippen LogP contribution in [0, 0.1) is 0 Å². The highest BCUT2D eigenvalue weighted by atomic mass is 79.9. The average molecular weight is 364 g/mol. The van der Waals surface area contributed by atoms with Gasteiger partial charge in [-0.2, -0.15) is 0 Å². The van der Waals surface area contributed by atoms with Crippen LogP contribution in [0.15, 0.2) is 41.0 Å². The van der Waals surface area contributed by atoms with E-state index in [1.54, 1.807) is 42.3 Å². The molecule has 1 aromatic heterocycles. The van der Waals surface area contributed by atoms with Gasteiger partial charge in [-0.05, 0) is 53.2 Å². The zero-order valence-corrected chi connectivity index (χ0v) is 14.3. The molecule has 0 bridgehead atoms. The number of carbonyl (C=O) groups is 2. The van der Waals surface area contributed by atoms with Crippen molar-refractivity contribution in [3.63, 3.8) is 0 Å². The quantitative estimate of drug-likeness (QED) is 0.903. The number of rotatable bonds is 4. The summed E-state index contributed by atoms with van der Waals surface area (Å²) in [4.78, 5) is 25.2. The van der Waals surface area contributed by atoms with E-state index in [2.05, 4.69) is 21.2 Å². The molecule has 2 amide bonds. The maximum Gasteiger partial charge on any atom is 0.272 e. The first kappa shape index (κ1) is 16.3. The van der Waals surface area contributed by atoms with Gasteiger partial charge in [-0.3, -0.25) is 9.59 Å². The van der Waals surface area contributed by atoms with Crippen LogP contribution in [-0.2, 0) is 11.3 Å². The fourth-order valence-corrected chi connectivity index (χ4v) is 2.54. The standard InChI is InChI=1S/C16H18BrN3O2/c1-4-20-10-12(17)9-15(20)16(22)18-13-5-7-14(8-6-13)19(3)11(2)21/h5-10H,4H2,1-3H3,(H,18,22). The largest absolute Gasteiger partial charge is 0.343 e. The van der Waals surface area contributed by atoms with Gasteiger partial charge >= 0.3 is 0 Å². The normalized spacial score (nSPS) is 10.4. The van der Waals surface area contributed by atoms with Crippen molar-refractivity contribution in [2.24, 2.45) is 0 Å². The minimum absolute atomic E-state index is 0.0394. The van der Waals surface area contributed by atoms with Gasteiger partial charge < -0.3 is 14.8 Å². The van der Waals surface area contributed by atoms with E-state index in [-0.39, 0.29) is 11.8 Å². The van der Waals surface area contributed by atoms with Gasteiger partial charge in [-0.1, -0.05) is 0 Å². The van der Waals surface area contributed by atoms with Gasteiger partial charge in [0.15, 0.2) is 0 Å². The van der Waals surface area contributed by atoms with E-state index in [0.717, 1.165) is 16.7 Å². The van der Waals surface area contributed by atoms with Crippen LogP contribution >= 0.6 is 15.9 Å². The predicted molar refractivity (Wildman–Crippen MR) is 91.3 cm³/mol. The van der Waals surface area contributed by atoms with Crippen molar-refractivity contribution in [2.75, 3.05) is 17.3 Å². The lowest BCUT2D eigenvalue weighted by Crippen LogP contribution is -2.22. The fraction of sp³-hybridized carbons (Fsp3) is 0.250. The summed E-state index contributed by atoms with van der Waals surface area (Å²) in [7, 11) is 1.71.